The molecule has 0 fully saturated rings. The standard InChI is InChI=1S/C16H17NO3/c1-2-19-16(18)13-9-6-10-14(15(13)17)20-11-12-7-4-3-5-8-12/h3-10H,2,11,17H2,1H3. The topological polar surface area (TPSA) is 61.5 Å². The number of benzene rings is 2. The fraction of sp³-hybridized carbons (Fsp3) is 0.188. The average Bonchev–Trinajstić information content (AvgIpc) is 2.47. The van der Waals surface area contributed by atoms with E-state index in [1.54, 1.807) is 25.1 Å². The molecule has 0 aliphatic carbocycles. The first-order valence-electron chi connectivity index (χ1n) is 6.44. The Morgan fingerprint density at radius 2 is 1.85 bits per heavy atom. The van der Waals surface area contributed by atoms with Crippen molar-refractivity contribution in [2.24, 2.45) is 0 Å². The van der Waals surface area contributed by atoms with Crippen molar-refractivity contribution < 1.29 is 14.3 Å². The summed E-state index contributed by atoms with van der Waals surface area (Å²) < 4.78 is 10.6. The molecular weight excluding hydrogens is 254 g/mol. The van der Waals surface area contributed by atoms with E-state index in [4.69, 9.17) is 15.2 Å². The molecule has 2 N–H and O–H groups in total. The fourth-order valence-corrected chi connectivity index (χ4v) is 1.79. The molecule has 0 bridgehead atoms. The molecule has 0 spiro atoms. The molecule has 0 aromatic heterocycles. The number of esters is 1. The monoisotopic (exact) mass is 271 g/mol. The van der Waals surface area contributed by atoms with E-state index in [9.17, 15) is 4.79 Å². The summed E-state index contributed by atoms with van der Waals surface area (Å²) in [7, 11) is 0. The van der Waals surface area contributed by atoms with Gasteiger partial charge in [-0.2, -0.15) is 0 Å². The number of carbonyl (C=O) groups is 1. The van der Waals surface area contributed by atoms with E-state index in [2.05, 4.69) is 0 Å². The summed E-state index contributed by atoms with van der Waals surface area (Å²) in [5, 5.41) is 0. The summed E-state index contributed by atoms with van der Waals surface area (Å²) in [6.45, 7) is 2.47. The van der Waals surface area contributed by atoms with Gasteiger partial charge in [0, 0.05) is 0 Å². The molecule has 0 unspecified atom stereocenters. The molecule has 2 aromatic carbocycles. The van der Waals surface area contributed by atoms with Gasteiger partial charge >= 0.3 is 5.97 Å². The molecule has 2 aromatic rings. The number of ether oxygens (including phenoxy) is 2. The highest BCUT2D eigenvalue weighted by Crippen LogP contribution is 2.26. The van der Waals surface area contributed by atoms with Gasteiger partial charge in [0.25, 0.3) is 0 Å². The Bertz CT molecular complexity index is 582. The molecule has 4 nitrogen and oxygen atoms in total. The number of carbonyl (C=O) groups excluding carboxylic acids is 1. The number of nitrogens with two attached hydrogens (primary N) is 1. The van der Waals surface area contributed by atoms with Crippen molar-refractivity contribution in [2.75, 3.05) is 12.3 Å². The second-order valence-corrected chi connectivity index (χ2v) is 4.21. The lowest BCUT2D eigenvalue weighted by Gasteiger charge is -2.11. The third-order valence-corrected chi connectivity index (χ3v) is 2.80. The van der Waals surface area contributed by atoms with E-state index >= 15 is 0 Å². The number of nitrogen functional groups attached to an aromatic ring is 1. The smallest absolute Gasteiger partial charge is 0.340 e. The molecule has 0 atom stereocenters. The highest BCUT2D eigenvalue weighted by molar-refractivity contribution is 5.96. The summed E-state index contributed by atoms with van der Waals surface area (Å²) in [5.74, 6) is 0.0505. The van der Waals surface area contributed by atoms with Crippen LogP contribution < -0.4 is 10.5 Å². The van der Waals surface area contributed by atoms with E-state index in [0.717, 1.165) is 5.56 Å². The van der Waals surface area contributed by atoms with Crippen LogP contribution in [0.5, 0.6) is 5.75 Å². The molecular formula is C16H17NO3. The highest BCUT2D eigenvalue weighted by Gasteiger charge is 2.14. The molecule has 104 valence electrons. The van der Waals surface area contributed by atoms with Crippen LogP contribution in [0, 0.1) is 0 Å². The SMILES string of the molecule is CCOC(=O)c1cccc(OCc2ccccc2)c1N. The third kappa shape index (κ3) is 3.29. The average molecular weight is 271 g/mol. The van der Waals surface area contributed by atoms with E-state index in [1.807, 2.05) is 30.3 Å². The van der Waals surface area contributed by atoms with Crippen LogP contribution in [0.3, 0.4) is 0 Å². The van der Waals surface area contributed by atoms with E-state index < -0.39 is 5.97 Å². The van der Waals surface area contributed by atoms with Gasteiger partial charge in [-0.3, -0.25) is 0 Å². The Hall–Kier alpha value is -2.49. The lowest BCUT2D eigenvalue weighted by molar-refractivity contribution is 0.0527. The second-order valence-electron chi connectivity index (χ2n) is 4.21. The molecule has 20 heavy (non-hydrogen) atoms. The highest BCUT2D eigenvalue weighted by atomic mass is 16.5. The Morgan fingerprint density at radius 1 is 1.10 bits per heavy atom. The van der Waals surface area contributed by atoms with E-state index in [1.165, 1.54) is 0 Å². The second kappa shape index (κ2) is 6.61. The van der Waals surface area contributed by atoms with Crippen molar-refractivity contribution in [3.8, 4) is 5.75 Å². The van der Waals surface area contributed by atoms with Crippen LogP contribution in [0.1, 0.15) is 22.8 Å². The van der Waals surface area contributed by atoms with Crippen molar-refractivity contribution in [3.05, 3.63) is 59.7 Å². The van der Waals surface area contributed by atoms with Gasteiger partial charge < -0.3 is 15.2 Å². The van der Waals surface area contributed by atoms with Gasteiger partial charge in [-0.1, -0.05) is 36.4 Å². The zero-order valence-corrected chi connectivity index (χ0v) is 11.3. The number of rotatable bonds is 5. The maximum atomic E-state index is 11.7. The summed E-state index contributed by atoms with van der Waals surface area (Å²) in [4.78, 5) is 11.7. The van der Waals surface area contributed by atoms with Crippen LogP contribution in [-0.4, -0.2) is 12.6 Å². The van der Waals surface area contributed by atoms with Crippen LogP contribution in [0.25, 0.3) is 0 Å². The van der Waals surface area contributed by atoms with Gasteiger partial charge in [0.05, 0.1) is 17.9 Å². The summed E-state index contributed by atoms with van der Waals surface area (Å²) in [5.41, 5.74) is 7.63. The Balaban J connectivity index is 2.12. The maximum absolute atomic E-state index is 11.7. The van der Waals surface area contributed by atoms with Gasteiger partial charge in [-0.25, -0.2) is 4.79 Å². The van der Waals surface area contributed by atoms with Crippen LogP contribution in [0.2, 0.25) is 0 Å². The summed E-state index contributed by atoms with van der Waals surface area (Å²) in [6, 6.07) is 14.8. The fourth-order valence-electron chi connectivity index (χ4n) is 1.79. The minimum atomic E-state index is -0.435. The minimum absolute atomic E-state index is 0.307. The quantitative estimate of drug-likeness (QED) is 0.670. The van der Waals surface area contributed by atoms with Crippen molar-refractivity contribution in [1.82, 2.24) is 0 Å². The minimum Gasteiger partial charge on any atom is -0.487 e. The van der Waals surface area contributed by atoms with Gasteiger partial charge in [-0.15, -0.1) is 0 Å². The third-order valence-electron chi connectivity index (χ3n) is 2.80. The predicted octanol–water partition coefficient (Wildman–Crippen LogP) is 3.02. The molecule has 0 amide bonds. The van der Waals surface area contributed by atoms with Crippen molar-refractivity contribution in [1.29, 1.82) is 0 Å². The first-order valence-corrected chi connectivity index (χ1v) is 6.44. The van der Waals surface area contributed by atoms with Crippen molar-refractivity contribution in [3.63, 3.8) is 0 Å². The summed E-state index contributed by atoms with van der Waals surface area (Å²) >= 11 is 0. The first-order chi connectivity index (χ1) is 9.72. The number of hydrogen-bond acceptors (Lipinski definition) is 4. The van der Waals surface area contributed by atoms with E-state index in [-0.39, 0.29) is 0 Å². The molecule has 0 aliphatic rings. The predicted molar refractivity (Wildman–Crippen MR) is 77.6 cm³/mol. The van der Waals surface area contributed by atoms with E-state index in [0.29, 0.717) is 30.2 Å². The number of anilines is 1. The lowest BCUT2D eigenvalue weighted by atomic mass is 10.1. The first kappa shape index (κ1) is 13.9. The van der Waals surface area contributed by atoms with Gasteiger partial charge in [-0.05, 0) is 24.6 Å². The normalized spacial score (nSPS) is 10.1. The zero-order valence-electron chi connectivity index (χ0n) is 11.3. The van der Waals surface area contributed by atoms with Crippen LogP contribution in [-0.2, 0) is 11.3 Å². The Labute approximate surface area is 118 Å². The Kier molecular flexibility index (Phi) is 4.60. The van der Waals surface area contributed by atoms with Gasteiger partial charge in [0.1, 0.15) is 12.4 Å². The molecule has 4 heteroatoms. The zero-order chi connectivity index (χ0) is 14.4. The van der Waals surface area contributed by atoms with Gasteiger partial charge in [0.15, 0.2) is 0 Å². The number of para-hydroxylation sites is 1. The Morgan fingerprint density at radius 3 is 2.55 bits per heavy atom. The van der Waals surface area contributed by atoms with Crippen LogP contribution in [0.15, 0.2) is 48.5 Å². The lowest BCUT2D eigenvalue weighted by Crippen LogP contribution is -2.09. The molecule has 0 heterocycles. The number of hydrogen-bond donors (Lipinski definition) is 1. The largest absolute Gasteiger partial charge is 0.487 e. The maximum Gasteiger partial charge on any atom is 0.340 e. The van der Waals surface area contributed by atoms with Crippen LogP contribution >= 0.6 is 0 Å². The molecule has 0 saturated carbocycles. The van der Waals surface area contributed by atoms with Gasteiger partial charge in [0.2, 0.25) is 0 Å². The molecule has 0 aliphatic heterocycles. The van der Waals surface area contributed by atoms with Crippen LogP contribution in [0.4, 0.5) is 5.69 Å². The molecule has 0 radical (unpaired) electrons. The molecule has 0 saturated heterocycles. The van der Waals surface area contributed by atoms with Crippen molar-refractivity contribution >= 4 is 11.7 Å². The van der Waals surface area contributed by atoms with Crippen molar-refractivity contribution in [2.45, 2.75) is 13.5 Å². The molecule has 2 rings (SSSR count). The summed E-state index contributed by atoms with van der Waals surface area (Å²) in [6.07, 6.45) is 0.